The molecule has 1 atom stereocenters. The van der Waals surface area contributed by atoms with Gasteiger partial charge < -0.3 is 4.74 Å². The van der Waals surface area contributed by atoms with Crippen molar-refractivity contribution >= 4 is 6.29 Å². The summed E-state index contributed by atoms with van der Waals surface area (Å²) in [5, 5.41) is 0. The minimum atomic E-state index is -0.140. The van der Waals surface area contributed by atoms with Crippen LogP contribution < -0.4 is 0 Å². The summed E-state index contributed by atoms with van der Waals surface area (Å²) in [4.78, 5) is 13.3. The molecule has 0 aromatic heterocycles. The maximum Gasteiger partial charge on any atom is 0.207 e. The van der Waals surface area contributed by atoms with Crippen molar-refractivity contribution < 1.29 is 9.53 Å². The van der Waals surface area contributed by atoms with Gasteiger partial charge >= 0.3 is 0 Å². The second-order valence-electron chi connectivity index (χ2n) is 3.99. The third-order valence-corrected chi connectivity index (χ3v) is 2.89. The van der Waals surface area contributed by atoms with Crippen LogP contribution in [0.2, 0.25) is 0 Å². The number of carbonyl (C=O) groups excluding carboxylic acids is 1. The van der Waals surface area contributed by atoms with E-state index in [9.17, 15) is 4.79 Å². The highest BCUT2D eigenvalue weighted by atomic mass is 16.5. The molecule has 1 unspecified atom stereocenters. The van der Waals surface area contributed by atoms with Crippen molar-refractivity contribution in [2.45, 2.75) is 5.92 Å². The summed E-state index contributed by atoms with van der Waals surface area (Å²) in [6, 6.07) is 9.84. The van der Waals surface area contributed by atoms with Gasteiger partial charge in [-0.2, -0.15) is 0 Å². The third kappa shape index (κ3) is 2.90. The Morgan fingerprint density at radius 3 is 2.56 bits per heavy atom. The van der Waals surface area contributed by atoms with E-state index in [-0.39, 0.29) is 5.92 Å². The quantitative estimate of drug-likeness (QED) is 0.761. The lowest BCUT2D eigenvalue weighted by molar-refractivity contribution is 0.0373. The van der Waals surface area contributed by atoms with Crippen molar-refractivity contribution in [3.8, 4) is 0 Å². The lowest BCUT2D eigenvalue weighted by Gasteiger charge is -2.28. The SMILES string of the molecule is O=[C]C(CN1CCOCC1)c1ccccc1. The summed E-state index contributed by atoms with van der Waals surface area (Å²) in [5.74, 6) is -0.140. The summed E-state index contributed by atoms with van der Waals surface area (Å²) < 4.78 is 5.28. The normalized spacial score (nSPS) is 19.2. The molecule has 0 amide bonds. The van der Waals surface area contributed by atoms with Gasteiger partial charge in [0, 0.05) is 19.6 Å². The highest BCUT2D eigenvalue weighted by Crippen LogP contribution is 2.15. The zero-order chi connectivity index (χ0) is 11.2. The fraction of sp³-hybridized carbons (Fsp3) is 0.462. The lowest BCUT2D eigenvalue weighted by atomic mass is 10.00. The van der Waals surface area contributed by atoms with Gasteiger partial charge in [0.2, 0.25) is 6.29 Å². The Kier molecular flexibility index (Phi) is 4.08. The number of morpholine rings is 1. The Morgan fingerprint density at radius 1 is 1.25 bits per heavy atom. The van der Waals surface area contributed by atoms with Crippen molar-refractivity contribution in [3.63, 3.8) is 0 Å². The average molecular weight is 218 g/mol. The van der Waals surface area contributed by atoms with Crippen molar-refractivity contribution in [1.82, 2.24) is 4.90 Å². The Balaban J connectivity index is 1.97. The summed E-state index contributed by atoms with van der Waals surface area (Å²) in [6.45, 7) is 4.09. The number of hydrogen-bond acceptors (Lipinski definition) is 3. The minimum Gasteiger partial charge on any atom is -0.379 e. The molecule has 1 aromatic rings. The Labute approximate surface area is 96.0 Å². The highest BCUT2D eigenvalue weighted by Gasteiger charge is 2.17. The predicted molar refractivity (Wildman–Crippen MR) is 62.1 cm³/mol. The van der Waals surface area contributed by atoms with E-state index in [4.69, 9.17) is 4.74 Å². The van der Waals surface area contributed by atoms with E-state index in [1.54, 1.807) is 0 Å². The van der Waals surface area contributed by atoms with E-state index in [0.29, 0.717) is 0 Å². The van der Waals surface area contributed by atoms with E-state index in [1.807, 2.05) is 30.3 Å². The number of rotatable bonds is 4. The van der Waals surface area contributed by atoms with Crippen LogP contribution in [0.25, 0.3) is 0 Å². The van der Waals surface area contributed by atoms with Gasteiger partial charge in [0.25, 0.3) is 0 Å². The molecular weight excluding hydrogens is 202 g/mol. The number of ether oxygens (including phenoxy) is 1. The molecule has 0 saturated carbocycles. The van der Waals surface area contributed by atoms with Crippen LogP contribution in [0.15, 0.2) is 30.3 Å². The number of nitrogens with zero attached hydrogens (tertiary/aromatic N) is 1. The van der Waals surface area contributed by atoms with E-state index in [0.717, 1.165) is 38.4 Å². The second-order valence-corrected chi connectivity index (χ2v) is 3.99. The molecule has 1 radical (unpaired) electrons. The topological polar surface area (TPSA) is 29.5 Å². The molecule has 0 bridgehead atoms. The molecule has 3 heteroatoms. The molecule has 0 spiro atoms. The first-order valence-electron chi connectivity index (χ1n) is 5.63. The zero-order valence-corrected chi connectivity index (χ0v) is 9.26. The monoisotopic (exact) mass is 218 g/mol. The van der Waals surface area contributed by atoms with Crippen LogP contribution in [-0.4, -0.2) is 44.0 Å². The molecule has 0 N–H and O–H groups in total. The zero-order valence-electron chi connectivity index (χ0n) is 9.26. The molecule has 16 heavy (non-hydrogen) atoms. The van der Waals surface area contributed by atoms with Gasteiger partial charge in [-0.15, -0.1) is 0 Å². The molecule has 1 aliphatic heterocycles. The first-order chi connectivity index (χ1) is 7.90. The van der Waals surface area contributed by atoms with Crippen molar-refractivity contribution in [2.75, 3.05) is 32.8 Å². The fourth-order valence-electron chi connectivity index (χ4n) is 1.94. The molecule has 1 aliphatic rings. The Bertz CT molecular complexity index is 320. The molecule has 85 valence electrons. The maximum absolute atomic E-state index is 11.0. The standard InChI is InChI=1S/C13H16NO2/c15-11-13(12-4-2-1-3-5-12)10-14-6-8-16-9-7-14/h1-5,13H,6-10H2. The summed E-state index contributed by atoms with van der Waals surface area (Å²) in [6.07, 6.45) is 2.13. The van der Waals surface area contributed by atoms with Crippen molar-refractivity contribution in [3.05, 3.63) is 35.9 Å². The van der Waals surface area contributed by atoms with Gasteiger partial charge in [-0.3, -0.25) is 9.69 Å². The summed E-state index contributed by atoms with van der Waals surface area (Å²) in [5.41, 5.74) is 1.05. The molecule has 1 saturated heterocycles. The fourth-order valence-corrected chi connectivity index (χ4v) is 1.94. The van der Waals surface area contributed by atoms with Crippen LogP contribution in [0.5, 0.6) is 0 Å². The van der Waals surface area contributed by atoms with Gasteiger partial charge in [-0.25, -0.2) is 0 Å². The van der Waals surface area contributed by atoms with Crippen LogP contribution in [-0.2, 0) is 9.53 Å². The molecule has 3 nitrogen and oxygen atoms in total. The van der Waals surface area contributed by atoms with Crippen LogP contribution in [0.4, 0.5) is 0 Å². The minimum absolute atomic E-state index is 0.140. The second kappa shape index (κ2) is 5.77. The molecular formula is C13H16NO2. The van der Waals surface area contributed by atoms with Crippen molar-refractivity contribution in [1.29, 1.82) is 0 Å². The van der Waals surface area contributed by atoms with Crippen LogP contribution in [0, 0.1) is 0 Å². The van der Waals surface area contributed by atoms with Crippen LogP contribution in [0.1, 0.15) is 11.5 Å². The summed E-state index contributed by atoms with van der Waals surface area (Å²) >= 11 is 0. The van der Waals surface area contributed by atoms with E-state index < -0.39 is 0 Å². The van der Waals surface area contributed by atoms with Gasteiger partial charge in [0.1, 0.15) is 0 Å². The molecule has 1 aromatic carbocycles. The van der Waals surface area contributed by atoms with E-state index in [2.05, 4.69) is 11.2 Å². The molecule has 1 fully saturated rings. The Hall–Kier alpha value is -1.19. The van der Waals surface area contributed by atoms with Gasteiger partial charge in [0.15, 0.2) is 0 Å². The highest BCUT2D eigenvalue weighted by molar-refractivity contribution is 5.63. The molecule has 2 rings (SSSR count). The van der Waals surface area contributed by atoms with Crippen LogP contribution in [0.3, 0.4) is 0 Å². The van der Waals surface area contributed by atoms with E-state index in [1.165, 1.54) is 0 Å². The largest absolute Gasteiger partial charge is 0.379 e. The predicted octanol–water partition coefficient (Wildman–Crippen LogP) is 1.21. The third-order valence-electron chi connectivity index (χ3n) is 2.89. The Morgan fingerprint density at radius 2 is 1.94 bits per heavy atom. The van der Waals surface area contributed by atoms with Gasteiger partial charge in [-0.05, 0) is 5.56 Å². The molecule has 1 heterocycles. The van der Waals surface area contributed by atoms with Crippen molar-refractivity contribution in [2.24, 2.45) is 0 Å². The molecule has 0 aliphatic carbocycles. The first kappa shape index (κ1) is 11.3. The van der Waals surface area contributed by atoms with Crippen LogP contribution >= 0.6 is 0 Å². The van der Waals surface area contributed by atoms with E-state index >= 15 is 0 Å². The number of benzene rings is 1. The smallest absolute Gasteiger partial charge is 0.207 e. The van der Waals surface area contributed by atoms with Gasteiger partial charge in [-0.1, -0.05) is 30.3 Å². The summed E-state index contributed by atoms with van der Waals surface area (Å²) in [7, 11) is 0. The average Bonchev–Trinajstić information content (AvgIpc) is 2.38. The lowest BCUT2D eigenvalue weighted by Crippen LogP contribution is -2.39. The van der Waals surface area contributed by atoms with Gasteiger partial charge in [0.05, 0.1) is 19.1 Å². The first-order valence-corrected chi connectivity index (χ1v) is 5.63. The maximum atomic E-state index is 11.0. The number of hydrogen-bond donors (Lipinski definition) is 0.